The second kappa shape index (κ2) is 6.19. The van der Waals surface area contributed by atoms with Crippen LogP contribution in [0.1, 0.15) is 41.3 Å². The summed E-state index contributed by atoms with van der Waals surface area (Å²) in [4.78, 5) is 14.6. The molecule has 0 radical (unpaired) electrons. The quantitative estimate of drug-likeness (QED) is 0.676. The van der Waals surface area contributed by atoms with E-state index in [9.17, 15) is 4.79 Å². The van der Waals surface area contributed by atoms with Crippen molar-refractivity contribution in [1.82, 2.24) is 9.47 Å². The van der Waals surface area contributed by atoms with Gasteiger partial charge in [-0.05, 0) is 62.1 Å². The molecule has 4 heteroatoms. The summed E-state index contributed by atoms with van der Waals surface area (Å²) >= 11 is 0. The van der Waals surface area contributed by atoms with Crippen molar-refractivity contribution in [2.24, 2.45) is 7.05 Å². The first-order valence-electron chi connectivity index (χ1n) is 8.93. The third-order valence-electron chi connectivity index (χ3n) is 5.58. The minimum absolute atomic E-state index is 0.259. The predicted molar refractivity (Wildman–Crippen MR) is 99.8 cm³/mol. The van der Waals surface area contributed by atoms with E-state index >= 15 is 0 Å². The molecule has 1 aromatic carbocycles. The Morgan fingerprint density at radius 3 is 2.84 bits per heavy atom. The van der Waals surface area contributed by atoms with Gasteiger partial charge in [-0.15, -0.1) is 0 Å². The molecule has 3 heterocycles. The Morgan fingerprint density at radius 1 is 1.24 bits per heavy atom. The maximum atomic E-state index is 12.1. The highest BCUT2D eigenvalue weighted by atomic mass is 16.4. The maximum absolute atomic E-state index is 12.1. The van der Waals surface area contributed by atoms with Gasteiger partial charge < -0.3 is 8.98 Å². The third kappa shape index (κ3) is 2.81. The number of rotatable bonds is 3. The highest BCUT2D eigenvalue weighted by Crippen LogP contribution is 2.34. The van der Waals surface area contributed by atoms with Gasteiger partial charge in [-0.3, -0.25) is 4.90 Å². The van der Waals surface area contributed by atoms with Gasteiger partial charge in [-0.1, -0.05) is 12.1 Å². The van der Waals surface area contributed by atoms with Crippen LogP contribution in [-0.2, 0) is 13.6 Å². The van der Waals surface area contributed by atoms with Gasteiger partial charge in [0.05, 0.1) is 6.04 Å². The largest absolute Gasteiger partial charge is 0.422 e. The Balaban J connectivity index is 1.74. The van der Waals surface area contributed by atoms with Gasteiger partial charge in [0.25, 0.3) is 0 Å². The molecule has 4 nitrogen and oxygen atoms in total. The summed E-state index contributed by atoms with van der Waals surface area (Å²) in [6, 6.07) is 10.6. The minimum atomic E-state index is -0.259. The molecule has 1 atom stereocenters. The van der Waals surface area contributed by atoms with Gasteiger partial charge in [-0.2, -0.15) is 0 Å². The van der Waals surface area contributed by atoms with Crippen molar-refractivity contribution in [3.05, 3.63) is 69.3 Å². The van der Waals surface area contributed by atoms with Gasteiger partial charge in [0.15, 0.2) is 0 Å². The van der Waals surface area contributed by atoms with Crippen molar-refractivity contribution in [1.29, 1.82) is 0 Å². The van der Waals surface area contributed by atoms with E-state index in [4.69, 9.17) is 4.42 Å². The summed E-state index contributed by atoms with van der Waals surface area (Å²) in [5.41, 5.74) is 5.09. The van der Waals surface area contributed by atoms with Gasteiger partial charge in [0.2, 0.25) is 0 Å². The van der Waals surface area contributed by atoms with E-state index in [2.05, 4.69) is 47.0 Å². The number of likely N-dealkylation sites (tertiary alicyclic amines) is 1. The summed E-state index contributed by atoms with van der Waals surface area (Å²) in [5.74, 6) is 0. The van der Waals surface area contributed by atoms with Crippen LogP contribution in [0.2, 0.25) is 0 Å². The molecular formula is C21H24N2O2. The van der Waals surface area contributed by atoms with E-state index in [1.165, 1.54) is 12.1 Å². The van der Waals surface area contributed by atoms with Crippen LogP contribution in [0.4, 0.5) is 0 Å². The molecular weight excluding hydrogens is 312 g/mol. The van der Waals surface area contributed by atoms with Crippen molar-refractivity contribution in [2.45, 2.75) is 39.3 Å². The Morgan fingerprint density at radius 2 is 2.08 bits per heavy atom. The Labute approximate surface area is 147 Å². The lowest BCUT2D eigenvalue weighted by atomic mass is 10.0. The lowest BCUT2D eigenvalue weighted by Gasteiger charge is -2.25. The second-order valence-electron chi connectivity index (χ2n) is 7.15. The van der Waals surface area contributed by atoms with Crippen LogP contribution in [0.15, 0.2) is 45.7 Å². The number of aryl methyl sites for hydroxylation is 3. The highest BCUT2D eigenvalue weighted by Gasteiger charge is 2.28. The Hall–Kier alpha value is -2.33. The number of aromatic nitrogens is 1. The number of nitrogens with zero attached hydrogens (tertiary/aromatic N) is 2. The van der Waals surface area contributed by atoms with Gasteiger partial charge >= 0.3 is 5.63 Å². The van der Waals surface area contributed by atoms with Crippen molar-refractivity contribution < 1.29 is 4.42 Å². The first-order valence-corrected chi connectivity index (χ1v) is 8.93. The lowest BCUT2D eigenvalue weighted by Crippen LogP contribution is -2.24. The molecule has 4 rings (SSSR count). The fourth-order valence-corrected chi connectivity index (χ4v) is 4.04. The van der Waals surface area contributed by atoms with Crippen LogP contribution in [0.5, 0.6) is 0 Å². The maximum Gasteiger partial charge on any atom is 0.336 e. The van der Waals surface area contributed by atoms with E-state index in [0.717, 1.165) is 47.2 Å². The predicted octanol–water partition coefficient (Wildman–Crippen LogP) is 4.09. The molecule has 25 heavy (non-hydrogen) atoms. The normalized spacial score (nSPS) is 18.3. The molecule has 0 aliphatic carbocycles. The molecule has 0 unspecified atom stereocenters. The van der Waals surface area contributed by atoms with Gasteiger partial charge in [0, 0.05) is 36.9 Å². The SMILES string of the molecule is Cc1ccc2c(CN3CCC[C@H]3c3cccn3C)cc(=O)oc2c1C. The topological polar surface area (TPSA) is 38.4 Å². The Kier molecular flexibility index (Phi) is 4.00. The first-order chi connectivity index (χ1) is 12.0. The molecule has 0 saturated carbocycles. The standard InChI is InChI=1S/C21H24N2O2/c1-14-8-9-17-16(12-20(24)25-21(17)15(14)2)13-23-11-5-7-19(23)18-6-4-10-22(18)3/h4,6,8-10,12,19H,5,7,11,13H2,1-3H3/t19-/m0/s1. The molecule has 1 fully saturated rings. The molecule has 0 N–H and O–H groups in total. The zero-order valence-electron chi connectivity index (χ0n) is 15.1. The molecule has 0 spiro atoms. The molecule has 1 aliphatic rings. The summed E-state index contributed by atoms with van der Waals surface area (Å²) in [6.07, 6.45) is 4.45. The summed E-state index contributed by atoms with van der Waals surface area (Å²) in [7, 11) is 2.10. The first kappa shape index (κ1) is 16.2. The van der Waals surface area contributed by atoms with E-state index < -0.39 is 0 Å². The highest BCUT2D eigenvalue weighted by molar-refractivity contribution is 5.83. The molecule has 1 aliphatic heterocycles. The summed E-state index contributed by atoms with van der Waals surface area (Å²) < 4.78 is 7.72. The second-order valence-corrected chi connectivity index (χ2v) is 7.15. The van der Waals surface area contributed by atoms with Crippen LogP contribution < -0.4 is 5.63 Å². The zero-order chi connectivity index (χ0) is 17.6. The summed E-state index contributed by atoms with van der Waals surface area (Å²) in [5, 5.41) is 1.06. The van der Waals surface area contributed by atoms with Crippen molar-refractivity contribution >= 4 is 11.0 Å². The van der Waals surface area contributed by atoms with Crippen LogP contribution in [-0.4, -0.2) is 16.0 Å². The monoisotopic (exact) mass is 336 g/mol. The summed E-state index contributed by atoms with van der Waals surface area (Å²) in [6.45, 7) is 5.91. The number of fused-ring (bicyclic) bond motifs is 1. The van der Waals surface area contributed by atoms with Crippen molar-refractivity contribution in [2.75, 3.05) is 6.54 Å². The fraction of sp³-hybridized carbons (Fsp3) is 0.381. The van der Waals surface area contributed by atoms with Crippen LogP contribution in [0, 0.1) is 13.8 Å². The number of benzene rings is 1. The van der Waals surface area contributed by atoms with Crippen LogP contribution in [0.25, 0.3) is 11.0 Å². The number of hydrogen-bond acceptors (Lipinski definition) is 3. The molecule has 130 valence electrons. The van der Waals surface area contributed by atoms with Gasteiger partial charge in [-0.25, -0.2) is 4.79 Å². The molecule has 0 bridgehead atoms. The third-order valence-corrected chi connectivity index (χ3v) is 5.58. The van der Waals surface area contributed by atoms with Crippen molar-refractivity contribution in [3.63, 3.8) is 0 Å². The van der Waals surface area contributed by atoms with Gasteiger partial charge in [0.1, 0.15) is 5.58 Å². The number of hydrogen-bond donors (Lipinski definition) is 0. The molecule has 1 saturated heterocycles. The molecule has 2 aromatic heterocycles. The van der Waals surface area contributed by atoms with Crippen LogP contribution >= 0.6 is 0 Å². The van der Waals surface area contributed by atoms with Crippen molar-refractivity contribution in [3.8, 4) is 0 Å². The Bertz CT molecular complexity index is 983. The molecule has 3 aromatic rings. The van der Waals surface area contributed by atoms with Crippen LogP contribution in [0.3, 0.4) is 0 Å². The van der Waals surface area contributed by atoms with E-state index in [1.54, 1.807) is 6.07 Å². The van der Waals surface area contributed by atoms with E-state index in [1.807, 2.05) is 13.8 Å². The average molecular weight is 336 g/mol. The van der Waals surface area contributed by atoms with E-state index in [-0.39, 0.29) is 5.63 Å². The fourth-order valence-electron chi connectivity index (χ4n) is 4.04. The molecule has 0 amide bonds. The minimum Gasteiger partial charge on any atom is -0.422 e. The average Bonchev–Trinajstić information content (AvgIpc) is 3.20. The smallest absolute Gasteiger partial charge is 0.336 e. The zero-order valence-corrected chi connectivity index (χ0v) is 15.1. The lowest BCUT2D eigenvalue weighted by molar-refractivity contribution is 0.241. The van der Waals surface area contributed by atoms with E-state index in [0.29, 0.717) is 6.04 Å².